The minimum atomic E-state index is -2.54. The summed E-state index contributed by atoms with van der Waals surface area (Å²) in [5, 5.41) is 0.411. The lowest BCUT2D eigenvalue weighted by atomic mass is 9.84. The van der Waals surface area contributed by atoms with Crippen molar-refractivity contribution in [1.29, 1.82) is 0 Å². The molecule has 2 heteroatoms. The molecule has 0 aliphatic rings. The molecule has 0 fully saturated rings. The van der Waals surface area contributed by atoms with Gasteiger partial charge in [-0.25, -0.2) is 4.98 Å². The van der Waals surface area contributed by atoms with E-state index in [2.05, 4.69) is 4.98 Å². The van der Waals surface area contributed by atoms with Gasteiger partial charge in [-0.15, -0.1) is 0 Å². The molecule has 0 N–H and O–H groups in total. The maximum Gasteiger partial charge on any atom is 0.111 e. The highest BCUT2D eigenvalue weighted by Crippen LogP contribution is 2.46. The van der Waals surface area contributed by atoms with Crippen molar-refractivity contribution in [1.82, 2.24) is 9.55 Å². The number of aryl methyl sites for hydroxylation is 1. The molecule has 0 aliphatic carbocycles. The standard InChI is InChI=1S/C40H28N2/c1-27-41-37-21-11-12-22-38(37)42(27)30-25-23-29(24-26-30)39-33-17-7-9-19-35(33)40(36-20-10-8-18-34(36)39)32-16-6-5-15-31(32)28-13-3-2-4-14-28/h2-26H,1H3/i1D3,7D,8D,9D,10D,17D,18D,19D,20D. The van der Waals surface area contributed by atoms with Crippen LogP contribution in [-0.4, -0.2) is 9.55 Å². The number of hydrogen-bond acceptors (Lipinski definition) is 1. The fourth-order valence-corrected chi connectivity index (χ4v) is 5.82. The van der Waals surface area contributed by atoms with Crippen molar-refractivity contribution in [2.75, 3.05) is 0 Å². The number of benzene rings is 7. The predicted octanol–water partition coefficient (Wildman–Crippen LogP) is 10.6. The van der Waals surface area contributed by atoms with Gasteiger partial charge in [-0.1, -0.05) is 127 Å². The van der Waals surface area contributed by atoms with Gasteiger partial charge in [0.05, 0.1) is 22.0 Å². The van der Waals surface area contributed by atoms with Crippen LogP contribution in [0.25, 0.3) is 71.6 Å². The number of hydrogen-bond donors (Lipinski definition) is 0. The van der Waals surface area contributed by atoms with Crippen molar-refractivity contribution >= 4 is 32.6 Å². The van der Waals surface area contributed by atoms with Crippen LogP contribution < -0.4 is 0 Å². The normalized spacial score (nSPS) is 15.5. The maximum atomic E-state index is 9.29. The Morgan fingerprint density at radius 2 is 1.12 bits per heavy atom. The van der Waals surface area contributed by atoms with Crippen LogP contribution >= 0.6 is 0 Å². The average molecular weight is 548 g/mol. The molecular formula is C40H28N2. The monoisotopic (exact) mass is 547 g/mol. The van der Waals surface area contributed by atoms with Gasteiger partial charge in [0.15, 0.2) is 0 Å². The quantitative estimate of drug-likeness (QED) is 0.200. The van der Waals surface area contributed by atoms with E-state index < -0.39 is 31.0 Å². The minimum Gasteiger partial charge on any atom is -0.297 e. The molecule has 198 valence electrons. The van der Waals surface area contributed by atoms with E-state index in [0.717, 1.165) is 5.56 Å². The molecule has 0 radical (unpaired) electrons. The summed E-state index contributed by atoms with van der Waals surface area (Å²) in [4.78, 5) is 4.40. The molecule has 2 nitrogen and oxygen atoms in total. The molecule has 8 aromatic rings. The first-order valence-corrected chi connectivity index (χ1v) is 13.5. The second-order valence-corrected chi connectivity index (χ2v) is 9.97. The maximum absolute atomic E-state index is 9.29. The Balaban J connectivity index is 1.54. The lowest BCUT2D eigenvalue weighted by molar-refractivity contribution is 1.00. The van der Waals surface area contributed by atoms with Gasteiger partial charge in [-0.3, -0.25) is 4.57 Å². The molecule has 0 bridgehead atoms. The summed E-state index contributed by atoms with van der Waals surface area (Å²) in [6, 6.07) is 27.1. The van der Waals surface area contributed by atoms with Gasteiger partial charge in [-0.05, 0) is 86.0 Å². The molecule has 0 saturated heterocycles. The summed E-state index contributed by atoms with van der Waals surface area (Å²) >= 11 is 0. The Hall–Kier alpha value is -5.47. The van der Waals surface area contributed by atoms with Gasteiger partial charge in [0.1, 0.15) is 5.82 Å². The van der Waals surface area contributed by atoms with E-state index in [-0.39, 0.29) is 62.7 Å². The zero-order valence-electron chi connectivity index (χ0n) is 33.2. The molecular weight excluding hydrogens is 508 g/mol. The number of nitrogens with zero attached hydrogens (tertiary/aromatic N) is 2. The summed E-state index contributed by atoms with van der Waals surface area (Å²) in [6.45, 7) is -2.54. The molecule has 0 unspecified atom stereocenters. The Morgan fingerprint density at radius 3 is 1.79 bits per heavy atom. The average Bonchev–Trinajstić information content (AvgIpc) is 3.58. The fraction of sp³-hybridized carbons (Fsp3) is 0.0250. The summed E-state index contributed by atoms with van der Waals surface area (Å²) < 4.78 is 98.2. The van der Waals surface area contributed by atoms with Crippen LogP contribution in [0.2, 0.25) is 0 Å². The molecule has 1 aromatic heterocycles. The van der Waals surface area contributed by atoms with Gasteiger partial charge < -0.3 is 0 Å². The first kappa shape index (κ1) is 15.5. The van der Waals surface area contributed by atoms with E-state index >= 15 is 0 Å². The lowest BCUT2D eigenvalue weighted by Gasteiger charge is -2.20. The van der Waals surface area contributed by atoms with Crippen molar-refractivity contribution in [3.05, 3.63) is 157 Å². The van der Waals surface area contributed by atoms with Crippen LogP contribution in [0.1, 0.15) is 20.9 Å². The van der Waals surface area contributed by atoms with Crippen molar-refractivity contribution in [3.8, 4) is 39.1 Å². The minimum absolute atomic E-state index is 0.0930. The second kappa shape index (κ2) is 9.87. The van der Waals surface area contributed by atoms with Gasteiger partial charge in [0.2, 0.25) is 0 Å². The molecule has 0 aliphatic heterocycles. The largest absolute Gasteiger partial charge is 0.297 e. The van der Waals surface area contributed by atoms with Crippen LogP contribution in [0.4, 0.5) is 0 Å². The molecule has 42 heavy (non-hydrogen) atoms. The van der Waals surface area contributed by atoms with Gasteiger partial charge in [0.25, 0.3) is 0 Å². The molecule has 0 saturated carbocycles. The summed E-state index contributed by atoms with van der Waals surface area (Å²) in [5.74, 6) is -0.132. The van der Waals surface area contributed by atoms with E-state index in [1.165, 1.54) is 0 Å². The zero-order valence-corrected chi connectivity index (χ0v) is 22.2. The molecule has 0 spiro atoms. The van der Waals surface area contributed by atoms with Crippen LogP contribution in [0.5, 0.6) is 0 Å². The third-order valence-corrected chi connectivity index (χ3v) is 7.63. The van der Waals surface area contributed by atoms with Crippen LogP contribution in [0.15, 0.2) is 151 Å². The van der Waals surface area contributed by atoms with E-state index in [1.807, 2.05) is 42.5 Å². The molecule has 0 amide bonds. The SMILES string of the molecule is [2H]c1c([2H])c([2H])c2c(-c3ccccc3-c3ccccc3)c3c([2H])c([2H])c([2H])c([2H])c3c(-c3ccc(-n4c(C([2H])([2H])[2H])nc5ccccc54)cc3)c2c1[2H]. The predicted molar refractivity (Wildman–Crippen MR) is 177 cm³/mol. The molecule has 8 rings (SSSR count). The highest BCUT2D eigenvalue weighted by molar-refractivity contribution is 6.22. The smallest absolute Gasteiger partial charge is 0.111 e. The number of para-hydroxylation sites is 2. The summed E-state index contributed by atoms with van der Waals surface area (Å²) in [7, 11) is 0. The van der Waals surface area contributed by atoms with Gasteiger partial charge in [0, 0.05) is 9.80 Å². The highest BCUT2D eigenvalue weighted by Gasteiger charge is 2.19. The number of imidazole rings is 1. The first-order chi connectivity index (χ1) is 25.3. The Kier molecular flexibility index (Phi) is 3.64. The van der Waals surface area contributed by atoms with E-state index in [0.29, 0.717) is 33.4 Å². The van der Waals surface area contributed by atoms with Crippen LogP contribution in [-0.2, 0) is 0 Å². The van der Waals surface area contributed by atoms with Crippen molar-refractivity contribution in [2.45, 2.75) is 6.85 Å². The number of fused-ring (bicyclic) bond motifs is 3. The third kappa shape index (κ3) is 3.84. The van der Waals surface area contributed by atoms with Crippen molar-refractivity contribution in [3.63, 3.8) is 0 Å². The zero-order chi connectivity index (χ0) is 37.5. The lowest BCUT2D eigenvalue weighted by Crippen LogP contribution is -1.97. The van der Waals surface area contributed by atoms with E-state index in [9.17, 15) is 5.48 Å². The highest BCUT2D eigenvalue weighted by atomic mass is 15.1. The Labute approximate surface area is 260 Å². The summed E-state index contributed by atoms with van der Waals surface area (Å²) in [5.41, 5.74) is 4.48. The molecule has 1 heterocycles. The van der Waals surface area contributed by atoms with Crippen LogP contribution in [0.3, 0.4) is 0 Å². The summed E-state index contributed by atoms with van der Waals surface area (Å²) in [6.07, 6.45) is 0. The Bertz CT molecular complexity index is 2710. The van der Waals surface area contributed by atoms with Crippen LogP contribution in [0, 0.1) is 6.85 Å². The van der Waals surface area contributed by atoms with Gasteiger partial charge in [-0.2, -0.15) is 0 Å². The molecule has 7 aromatic carbocycles. The fourth-order valence-electron chi connectivity index (χ4n) is 5.82. The first-order valence-electron chi connectivity index (χ1n) is 19.0. The third-order valence-electron chi connectivity index (χ3n) is 7.63. The Morgan fingerprint density at radius 1 is 0.548 bits per heavy atom. The van der Waals surface area contributed by atoms with E-state index in [4.69, 9.17) is 9.60 Å². The van der Waals surface area contributed by atoms with Crippen molar-refractivity contribution < 1.29 is 15.1 Å². The number of aromatic nitrogens is 2. The van der Waals surface area contributed by atoms with Gasteiger partial charge >= 0.3 is 0 Å². The van der Waals surface area contributed by atoms with Crippen molar-refractivity contribution in [2.24, 2.45) is 0 Å². The van der Waals surface area contributed by atoms with E-state index in [1.54, 1.807) is 65.2 Å². The second-order valence-electron chi connectivity index (χ2n) is 9.97. The number of rotatable bonds is 4. The molecule has 0 atom stereocenters. The topological polar surface area (TPSA) is 17.8 Å².